The first-order valence-corrected chi connectivity index (χ1v) is 17.2. The highest BCUT2D eigenvalue weighted by Crippen LogP contribution is 2.24. The first-order valence-electron chi connectivity index (χ1n) is 17.2. The molecule has 2 aliphatic rings. The molecule has 45 heavy (non-hydrogen) atoms. The number of fused-ring (bicyclic) bond motifs is 1. The largest absolute Gasteiger partial charge is 0.337 e. The molecule has 0 saturated carbocycles. The molecule has 0 radical (unpaired) electrons. The first kappa shape index (κ1) is 33.6. The van der Waals surface area contributed by atoms with Crippen LogP contribution >= 0.6 is 0 Å². The van der Waals surface area contributed by atoms with Crippen LogP contribution in [0.3, 0.4) is 0 Å². The highest BCUT2D eigenvalue weighted by Gasteiger charge is 2.35. The molecule has 4 atom stereocenters. The molecule has 5 rings (SSSR count). The molecule has 0 bridgehead atoms. The molecule has 0 aromatic heterocycles. The van der Waals surface area contributed by atoms with Gasteiger partial charge in [0.2, 0.25) is 5.91 Å². The molecular weight excluding hydrogens is 554 g/mol. The predicted molar refractivity (Wildman–Crippen MR) is 189 cm³/mol. The number of hydrogen-bond acceptors (Lipinski definition) is 5. The summed E-state index contributed by atoms with van der Waals surface area (Å²) in [6.07, 6.45) is 5.04. The summed E-state index contributed by atoms with van der Waals surface area (Å²) in [5.41, 5.74) is 5.26. The average Bonchev–Trinajstić information content (AvgIpc) is 3.45. The highest BCUT2D eigenvalue weighted by molar-refractivity contribution is 5.85. The van der Waals surface area contributed by atoms with Crippen molar-refractivity contribution in [3.05, 3.63) is 82.9 Å². The van der Waals surface area contributed by atoms with Gasteiger partial charge in [-0.2, -0.15) is 0 Å². The highest BCUT2D eigenvalue weighted by atomic mass is 16.2. The number of amides is 1. The third-order valence-electron chi connectivity index (χ3n) is 10.6. The Morgan fingerprint density at radius 2 is 1.73 bits per heavy atom. The zero-order valence-corrected chi connectivity index (χ0v) is 29.0. The topological polar surface area (TPSA) is 33.3 Å². The number of carbonyl (C=O) groups excluding carboxylic acids is 1. The Morgan fingerprint density at radius 3 is 2.44 bits per heavy atom. The summed E-state index contributed by atoms with van der Waals surface area (Å²) in [5, 5.41) is 2.43. The number of piperazine rings is 1. The van der Waals surface area contributed by atoms with Crippen LogP contribution in [0.25, 0.3) is 10.8 Å². The van der Waals surface area contributed by atoms with Crippen LogP contribution < -0.4 is 0 Å². The van der Waals surface area contributed by atoms with Crippen LogP contribution in [0.2, 0.25) is 0 Å². The Bertz CT molecular complexity index is 1420. The lowest BCUT2D eigenvalue weighted by atomic mass is 9.96. The van der Waals surface area contributed by atoms with Gasteiger partial charge in [-0.25, -0.2) is 0 Å². The van der Waals surface area contributed by atoms with Crippen LogP contribution in [0.4, 0.5) is 0 Å². The number of likely N-dealkylation sites (tertiary alicyclic amines) is 1. The van der Waals surface area contributed by atoms with E-state index < -0.39 is 0 Å². The van der Waals surface area contributed by atoms with Crippen molar-refractivity contribution in [2.24, 2.45) is 0 Å². The quantitative estimate of drug-likeness (QED) is 0.271. The SMILES string of the molecule is Cc1ccc(CC(CN2C[C@@H](C)N(C(=O)Cc3ccc4ccccc4c3)C[C@@H]2CCCN(C)C2CCN(C)C2)N(C)C)c(C)c1. The number of nitrogens with zero attached hydrogens (tertiary/aromatic N) is 5. The van der Waals surface area contributed by atoms with E-state index in [1.165, 1.54) is 47.0 Å². The van der Waals surface area contributed by atoms with Crippen molar-refractivity contribution in [1.29, 1.82) is 0 Å². The maximum absolute atomic E-state index is 13.9. The van der Waals surface area contributed by atoms with Crippen LogP contribution in [0.5, 0.6) is 0 Å². The second-order valence-electron chi connectivity index (χ2n) is 14.4. The van der Waals surface area contributed by atoms with Crippen molar-refractivity contribution >= 4 is 16.7 Å². The van der Waals surface area contributed by atoms with E-state index in [0.717, 1.165) is 51.0 Å². The molecule has 1 amide bonds. The normalized spacial score (nSPS) is 22.2. The van der Waals surface area contributed by atoms with Crippen molar-refractivity contribution in [3.63, 3.8) is 0 Å². The van der Waals surface area contributed by atoms with Crippen molar-refractivity contribution in [1.82, 2.24) is 24.5 Å². The van der Waals surface area contributed by atoms with E-state index in [0.29, 0.717) is 24.5 Å². The second kappa shape index (κ2) is 15.2. The summed E-state index contributed by atoms with van der Waals surface area (Å²) in [6.45, 7) is 12.9. The maximum Gasteiger partial charge on any atom is 0.227 e. The lowest BCUT2D eigenvalue weighted by Crippen LogP contribution is -2.61. The average molecular weight is 612 g/mol. The molecule has 2 saturated heterocycles. The first-order chi connectivity index (χ1) is 21.6. The molecule has 3 aromatic carbocycles. The minimum absolute atomic E-state index is 0.190. The summed E-state index contributed by atoms with van der Waals surface area (Å²) in [6, 6.07) is 23.4. The number of rotatable bonds is 12. The van der Waals surface area contributed by atoms with Gasteiger partial charge in [0.1, 0.15) is 0 Å². The molecule has 0 N–H and O–H groups in total. The Balaban J connectivity index is 1.29. The standard InChI is InChI=1S/C39H57N5O/c1-29-14-16-34(30(2)21-29)24-38(40(4)5)27-43-25-31(3)44(28-37(43)13-10-19-42(7)36-18-20-41(6)26-36)39(45)23-32-15-17-33-11-8-9-12-35(33)22-32/h8-9,11-12,14-17,21-22,31,36-38H,10,13,18-20,23-28H2,1-7H3/t31-,36?,37+,38?/m1/s1. The van der Waals surface area contributed by atoms with Crippen LogP contribution in [0, 0.1) is 13.8 Å². The second-order valence-corrected chi connectivity index (χ2v) is 14.4. The predicted octanol–water partition coefficient (Wildman–Crippen LogP) is 5.49. The van der Waals surface area contributed by atoms with Gasteiger partial charge >= 0.3 is 0 Å². The third-order valence-corrected chi connectivity index (χ3v) is 10.6. The Kier molecular flexibility index (Phi) is 11.4. The Hall–Kier alpha value is -2.77. The number of aryl methyl sites for hydroxylation is 2. The summed E-state index contributed by atoms with van der Waals surface area (Å²) in [7, 11) is 8.99. The van der Waals surface area contributed by atoms with E-state index in [4.69, 9.17) is 0 Å². The molecule has 6 nitrogen and oxygen atoms in total. The molecule has 244 valence electrons. The fourth-order valence-electron chi connectivity index (χ4n) is 7.62. The van der Waals surface area contributed by atoms with Gasteiger partial charge in [0.25, 0.3) is 0 Å². The maximum atomic E-state index is 13.9. The van der Waals surface area contributed by atoms with Crippen molar-refractivity contribution < 1.29 is 4.79 Å². The van der Waals surface area contributed by atoms with E-state index in [-0.39, 0.29) is 11.9 Å². The lowest BCUT2D eigenvalue weighted by Gasteiger charge is -2.47. The number of benzene rings is 3. The molecule has 2 heterocycles. The molecule has 2 aliphatic heterocycles. The van der Waals surface area contributed by atoms with Crippen molar-refractivity contribution in [3.8, 4) is 0 Å². The van der Waals surface area contributed by atoms with Gasteiger partial charge in [0, 0.05) is 50.3 Å². The summed E-state index contributed by atoms with van der Waals surface area (Å²) >= 11 is 0. The summed E-state index contributed by atoms with van der Waals surface area (Å²) in [4.78, 5) is 26.2. The molecule has 2 fully saturated rings. The summed E-state index contributed by atoms with van der Waals surface area (Å²) < 4.78 is 0. The van der Waals surface area contributed by atoms with Gasteiger partial charge in [-0.05, 0) is 115 Å². The molecule has 2 unspecified atom stereocenters. The van der Waals surface area contributed by atoms with Crippen LogP contribution in [0.1, 0.15) is 48.4 Å². The van der Waals surface area contributed by atoms with E-state index in [2.05, 4.69) is 134 Å². The van der Waals surface area contributed by atoms with Crippen LogP contribution in [0.15, 0.2) is 60.7 Å². The number of likely N-dealkylation sites (N-methyl/N-ethyl adjacent to an activating group) is 3. The molecule has 3 aromatic rings. The van der Waals surface area contributed by atoms with Gasteiger partial charge in [-0.15, -0.1) is 0 Å². The Labute approximate surface area is 273 Å². The third kappa shape index (κ3) is 8.74. The van der Waals surface area contributed by atoms with Gasteiger partial charge in [0.05, 0.1) is 6.42 Å². The van der Waals surface area contributed by atoms with Crippen molar-refractivity contribution in [2.75, 3.05) is 67.5 Å². The van der Waals surface area contributed by atoms with E-state index in [9.17, 15) is 4.79 Å². The number of carbonyl (C=O) groups is 1. The van der Waals surface area contributed by atoms with Gasteiger partial charge in [-0.1, -0.05) is 66.2 Å². The fourth-order valence-corrected chi connectivity index (χ4v) is 7.62. The van der Waals surface area contributed by atoms with Crippen molar-refractivity contribution in [2.45, 2.75) is 77.0 Å². The van der Waals surface area contributed by atoms with Gasteiger partial charge in [0.15, 0.2) is 0 Å². The minimum atomic E-state index is 0.190. The lowest BCUT2D eigenvalue weighted by molar-refractivity contribution is -0.137. The number of hydrogen-bond donors (Lipinski definition) is 0. The Morgan fingerprint density at radius 1 is 0.956 bits per heavy atom. The van der Waals surface area contributed by atoms with Gasteiger partial charge in [-0.3, -0.25) is 9.69 Å². The summed E-state index contributed by atoms with van der Waals surface area (Å²) in [5.74, 6) is 0.257. The zero-order valence-electron chi connectivity index (χ0n) is 29.0. The van der Waals surface area contributed by atoms with E-state index in [1.54, 1.807) is 0 Å². The monoisotopic (exact) mass is 611 g/mol. The van der Waals surface area contributed by atoms with Crippen LogP contribution in [-0.4, -0.2) is 122 Å². The fraction of sp³-hybridized carbons (Fsp3) is 0.564. The van der Waals surface area contributed by atoms with Gasteiger partial charge < -0.3 is 19.6 Å². The molecule has 6 heteroatoms. The zero-order chi connectivity index (χ0) is 32.1. The molecular formula is C39H57N5O. The minimum Gasteiger partial charge on any atom is -0.337 e. The van der Waals surface area contributed by atoms with E-state index >= 15 is 0 Å². The van der Waals surface area contributed by atoms with E-state index in [1.807, 2.05) is 0 Å². The molecule has 0 aliphatic carbocycles. The molecule has 0 spiro atoms. The van der Waals surface area contributed by atoms with Crippen LogP contribution in [-0.2, 0) is 17.6 Å². The smallest absolute Gasteiger partial charge is 0.227 e.